The Morgan fingerprint density at radius 1 is 1.05 bits per heavy atom. The first kappa shape index (κ1) is 16.7. The van der Waals surface area contributed by atoms with Gasteiger partial charge in [0, 0.05) is 0 Å². The first-order valence-corrected chi connectivity index (χ1v) is 7.65. The summed E-state index contributed by atoms with van der Waals surface area (Å²) in [6, 6.07) is 3.94. The highest BCUT2D eigenvalue weighted by Crippen LogP contribution is 2.23. The molecule has 1 aromatic carbocycles. The Balaban J connectivity index is 3.00. The van der Waals surface area contributed by atoms with Gasteiger partial charge >= 0.3 is 16.4 Å². The van der Waals surface area contributed by atoms with Gasteiger partial charge in [-0.15, -0.1) is 3.89 Å². The summed E-state index contributed by atoms with van der Waals surface area (Å²) in [6.45, 7) is -1.85. The highest BCUT2D eigenvalue weighted by atomic mass is 32.3. The van der Waals surface area contributed by atoms with Gasteiger partial charge in [0.05, 0.1) is 5.69 Å². The van der Waals surface area contributed by atoms with Crippen LogP contribution in [0.3, 0.4) is 0 Å². The molecule has 0 heterocycles. The number of benzene rings is 1. The largest absolute Gasteiger partial charge is 0.402 e. The second kappa shape index (κ2) is 5.54. The molecular weight excluding hydrogens is 328 g/mol. The van der Waals surface area contributed by atoms with Crippen LogP contribution in [0.25, 0.3) is 0 Å². The van der Waals surface area contributed by atoms with Crippen LogP contribution in [0.1, 0.15) is 0 Å². The fourth-order valence-corrected chi connectivity index (χ4v) is 2.70. The van der Waals surface area contributed by atoms with E-state index < -0.39 is 43.7 Å². The molecule has 1 aromatic rings. The molecule has 0 aliphatic carbocycles. The fraction of sp³-hybridized carbons (Fsp3) is 0.250. The molecule has 12 heteroatoms. The van der Waals surface area contributed by atoms with E-state index in [1.807, 2.05) is 0 Å². The molecule has 0 aliphatic rings. The molecule has 0 bridgehead atoms. The molecule has 0 spiro atoms. The van der Waals surface area contributed by atoms with Gasteiger partial charge in [-0.25, -0.2) is 0 Å². The second-order valence-corrected chi connectivity index (χ2v) is 6.29. The molecule has 6 nitrogen and oxygen atoms in total. The Hall–Kier alpha value is -1.40. The smallest absolute Gasteiger partial charge is 0.270 e. The van der Waals surface area contributed by atoms with E-state index in [2.05, 4.69) is 0 Å². The molecule has 0 radical (unpaired) electrons. The lowest BCUT2D eigenvalue weighted by atomic mass is 10.3. The van der Waals surface area contributed by atoms with Crippen molar-refractivity contribution in [2.75, 3.05) is 11.3 Å². The van der Waals surface area contributed by atoms with Gasteiger partial charge in [-0.1, -0.05) is 12.1 Å². The topological polar surface area (TPSA) is 92.3 Å². The number of hydrogen-bond donors (Lipinski definition) is 2. The van der Waals surface area contributed by atoms with Crippen molar-refractivity contribution in [1.82, 2.24) is 4.72 Å². The SMILES string of the molecule is O=S(=O)(NCC(F)(F)F)Nc1ccccc1S(=O)(=O)F. The van der Waals surface area contributed by atoms with Crippen LogP contribution in [0.2, 0.25) is 0 Å². The number of alkyl halides is 3. The van der Waals surface area contributed by atoms with E-state index in [1.165, 1.54) is 10.8 Å². The van der Waals surface area contributed by atoms with Crippen LogP contribution < -0.4 is 9.44 Å². The average Bonchev–Trinajstić information content (AvgIpc) is 2.24. The van der Waals surface area contributed by atoms with Crippen LogP contribution in [0, 0.1) is 0 Å². The van der Waals surface area contributed by atoms with Crippen molar-refractivity contribution in [3.05, 3.63) is 24.3 Å². The van der Waals surface area contributed by atoms with Crippen molar-refractivity contribution in [3.8, 4) is 0 Å². The fourth-order valence-electron chi connectivity index (χ4n) is 1.12. The maximum Gasteiger partial charge on any atom is 0.402 e. The normalized spacial score (nSPS) is 13.2. The number of rotatable bonds is 5. The molecule has 0 saturated carbocycles. The van der Waals surface area contributed by atoms with E-state index >= 15 is 0 Å². The van der Waals surface area contributed by atoms with Crippen LogP contribution >= 0.6 is 0 Å². The number of nitrogens with one attached hydrogen (secondary N) is 2. The zero-order valence-corrected chi connectivity index (χ0v) is 11.1. The molecule has 0 saturated heterocycles. The first-order chi connectivity index (χ1) is 8.91. The minimum Gasteiger partial charge on any atom is -0.270 e. The number of para-hydroxylation sites is 1. The molecule has 0 aromatic heterocycles. The zero-order valence-electron chi connectivity index (χ0n) is 9.48. The predicted octanol–water partition coefficient (Wildman–Crippen LogP) is 1.15. The molecule has 0 aliphatic heterocycles. The van der Waals surface area contributed by atoms with E-state index in [-0.39, 0.29) is 0 Å². The van der Waals surface area contributed by atoms with E-state index in [4.69, 9.17) is 0 Å². The summed E-state index contributed by atoms with van der Waals surface area (Å²) in [6.07, 6.45) is -4.79. The summed E-state index contributed by atoms with van der Waals surface area (Å²) >= 11 is 0. The Morgan fingerprint density at radius 2 is 1.60 bits per heavy atom. The van der Waals surface area contributed by atoms with Crippen molar-refractivity contribution in [2.24, 2.45) is 0 Å². The summed E-state index contributed by atoms with van der Waals surface area (Å²) in [5.41, 5.74) is -0.704. The average molecular weight is 336 g/mol. The van der Waals surface area contributed by atoms with E-state index in [1.54, 1.807) is 0 Å². The highest BCUT2D eigenvalue weighted by molar-refractivity contribution is 7.91. The first-order valence-electron chi connectivity index (χ1n) is 4.78. The van der Waals surface area contributed by atoms with Gasteiger partial charge in [0.1, 0.15) is 11.4 Å². The van der Waals surface area contributed by atoms with Crippen molar-refractivity contribution in [3.63, 3.8) is 0 Å². The van der Waals surface area contributed by atoms with Crippen LogP contribution in [0.5, 0.6) is 0 Å². The quantitative estimate of drug-likeness (QED) is 0.623. The van der Waals surface area contributed by atoms with Crippen molar-refractivity contribution in [2.45, 2.75) is 11.1 Å². The van der Waals surface area contributed by atoms with Gasteiger partial charge in [0.15, 0.2) is 0 Å². The Labute approximate surface area is 112 Å². The standard InChI is InChI=1S/C8H8F4N2O4S2/c9-8(10,11)5-13-20(17,18)14-6-3-1-2-4-7(6)19(12,15)16/h1-4,13-14H,5H2. The lowest BCUT2D eigenvalue weighted by Crippen LogP contribution is -2.37. The third-order valence-corrected chi connectivity index (χ3v) is 3.75. The summed E-state index contributed by atoms with van der Waals surface area (Å²) in [5, 5.41) is 0. The summed E-state index contributed by atoms with van der Waals surface area (Å²) < 4.78 is 95.3. The van der Waals surface area contributed by atoms with Crippen LogP contribution in [0.15, 0.2) is 29.2 Å². The molecule has 0 unspecified atom stereocenters. The minimum atomic E-state index is -5.23. The van der Waals surface area contributed by atoms with Crippen molar-refractivity contribution in [1.29, 1.82) is 0 Å². The van der Waals surface area contributed by atoms with Crippen molar-refractivity contribution >= 4 is 26.1 Å². The number of anilines is 1. The molecule has 0 atom stereocenters. The number of hydrogen-bond acceptors (Lipinski definition) is 4. The van der Waals surface area contributed by atoms with Crippen LogP contribution in [-0.4, -0.2) is 29.6 Å². The highest BCUT2D eigenvalue weighted by Gasteiger charge is 2.30. The van der Waals surface area contributed by atoms with Gasteiger partial charge in [0.2, 0.25) is 0 Å². The molecule has 114 valence electrons. The maximum atomic E-state index is 12.9. The second-order valence-electron chi connectivity index (χ2n) is 3.48. The monoisotopic (exact) mass is 336 g/mol. The third-order valence-electron chi connectivity index (χ3n) is 1.86. The molecule has 0 amide bonds. The Kier molecular flexibility index (Phi) is 4.61. The van der Waals surface area contributed by atoms with Crippen LogP contribution in [-0.2, 0) is 20.4 Å². The van der Waals surface area contributed by atoms with Gasteiger partial charge < -0.3 is 0 Å². The lowest BCUT2D eigenvalue weighted by molar-refractivity contribution is -0.121. The molecular formula is C8H8F4N2O4S2. The van der Waals surface area contributed by atoms with Gasteiger partial charge in [-0.2, -0.15) is 34.7 Å². The van der Waals surface area contributed by atoms with Crippen LogP contribution in [0.4, 0.5) is 22.7 Å². The van der Waals surface area contributed by atoms with Gasteiger partial charge in [-0.05, 0) is 12.1 Å². The Bertz CT molecular complexity index is 685. The van der Waals surface area contributed by atoms with E-state index in [0.29, 0.717) is 0 Å². The number of halogens is 4. The summed E-state index contributed by atoms with van der Waals surface area (Å²) in [5.74, 6) is 0. The predicted molar refractivity (Wildman–Crippen MR) is 61.3 cm³/mol. The van der Waals surface area contributed by atoms with Crippen molar-refractivity contribution < 1.29 is 33.9 Å². The summed E-state index contributed by atoms with van der Waals surface area (Å²) in [7, 11) is -9.93. The molecule has 2 N–H and O–H groups in total. The summed E-state index contributed by atoms with van der Waals surface area (Å²) in [4.78, 5) is -1.00. The lowest BCUT2D eigenvalue weighted by Gasteiger charge is -2.12. The maximum absolute atomic E-state index is 12.9. The van der Waals surface area contributed by atoms with E-state index in [9.17, 15) is 33.9 Å². The molecule has 1 rings (SSSR count). The zero-order chi connectivity index (χ0) is 15.6. The third kappa shape index (κ3) is 5.30. The molecule has 0 fully saturated rings. The molecule has 20 heavy (non-hydrogen) atoms. The van der Waals surface area contributed by atoms with E-state index in [0.717, 1.165) is 22.9 Å². The Morgan fingerprint density at radius 3 is 2.10 bits per heavy atom. The van der Waals surface area contributed by atoms with Gasteiger partial charge in [-0.3, -0.25) is 4.72 Å². The van der Waals surface area contributed by atoms with Gasteiger partial charge in [0.25, 0.3) is 10.2 Å². The minimum absolute atomic E-state index is 0.704.